The van der Waals surface area contributed by atoms with Crippen LogP contribution in [0.2, 0.25) is 0 Å². The van der Waals surface area contributed by atoms with Gasteiger partial charge in [-0.1, -0.05) is 12.5 Å². The molecule has 0 spiro atoms. The molecule has 1 aromatic rings. The van der Waals surface area contributed by atoms with Crippen molar-refractivity contribution in [1.29, 1.82) is 0 Å². The van der Waals surface area contributed by atoms with Crippen LogP contribution < -0.4 is 11.5 Å². The van der Waals surface area contributed by atoms with Gasteiger partial charge in [0.2, 0.25) is 0 Å². The van der Waals surface area contributed by atoms with Crippen LogP contribution in [0.25, 0.3) is 0 Å². The molecule has 0 unspecified atom stereocenters. The molecule has 14 heavy (non-hydrogen) atoms. The lowest BCUT2D eigenvalue weighted by atomic mass is 10.0. The normalized spacial score (nSPS) is 12.8. The van der Waals surface area contributed by atoms with Crippen molar-refractivity contribution in [2.24, 2.45) is 11.5 Å². The van der Waals surface area contributed by atoms with Gasteiger partial charge in [-0.15, -0.1) is 0 Å². The van der Waals surface area contributed by atoms with Gasteiger partial charge in [-0.2, -0.15) is 0 Å². The van der Waals surface area contributed by atoms with Crippen molar-refractivity contribution in [3.05, 3.63) is 28.5 Å². The molecule has 0 fully saturated rings. The van der Waals surface area contributed by atoms with Crippen molar-refractivity contribution in [2.75, 3.05) is 6.54 Å². The molecular weight excluding hydrogens is 242 g/mol. The van der Waals surface area contributed by atoms with Gasteiger partial charge >= 0.3 is 0 Å². The average molecular weight is 258 g/mol. The minimum Gasteiger partial charge on any atom is -0.330 e. The average Bonchev–Trinajstić information content (AvgIpc) is 2.19. The van der Waals surface area contributed by atoms with Crippen molar-refractivity contribution in [2.45, 2.75) is 25.3 Å². The van der Waals surface area contributed by atoms with E-state index in [1.165, 1.54) is 0 Å². The van der Waals surface area contributed by atoms with Crippen LogP contribution in [0.3, 0.4) is 0 Å². The molecule has 1 atom stereocenters. The summed E-state index contributed by atoms with van der Waals surface area (Å²) >= 11 is 3.29. The Morgan fingerprint density at radius 1 is 1.36 bits per heavy atom. The summed E-state index contributed by atoms with van der Waals surface area (Å²) in [6, 6.07) is 4.00. The van der Waals surface area contributed by atoms with Gasteiger partial charge in [0, 0.05) is 12.2 Å². The summed E-state index contributed by atoms with van der Waals surface area (Å²) < 4.78 is 0.843. The standard InChI is InChI=1S/C10H16BrN3/c11-10-5-4-8(7-14-10)9(13)3-1-2-6-12/h4-5,7,9H,1-3,6,12-13H2/t9-/m0/s1. The smallest absolute Gasteiger partial charge is 0.106 e. The predicted octanol–water partition coefficient (Wildman–Crippen LogP) is 1.97. The Kier molecular flexibility index (Phi) is 5.07. The zero-order chi connectivity index (χ0) is 10.4. The lowest BCUT2D eigenvalue weighted by Gasteiger charge is -2.10. The zero-order valence-corrected chi connectivity index (χ0v) is 9.70. The van der Waals surface area contributed by atoms with Crippen LogP contribution in [-0.2, 0) is 0 Å². The molecule has 0 saturated carbocycles. The summed E-state index contributed by atoms with van der Waals surface area (Å²) in [6.07, 6.45) is 4.91. The maximum atomic E-state index is 5.99. The lowest BCUT2D eigenvalue weighted by Crippen LogP contribution is -2.11. The molecule has 4 heteroatoms. The van der Waals surface area contributed by atoms with Gasteiger partial charge in [0.1, 0.15) is 4.60 Å². The predicted molar refractivity (Wildman–Crippen MR) is 61.8 cm³/mol. The van der Waals surface area contributed by atoms with Crippen LogP contribution in [0, 0.1) is 0 Å². The zero-order valence-electron chi connectivity index (χ0n) is 8.12. The molecule has 1 rings (SSSR count). The number of aromatic nitrogens is 1. The Balaban J connectivity index is 2.43. The summed E-state index contributed by atoms with van der Waals surface area (Å²) in [7, 11) is 0. The molecule has 0 radical (unpaired) electrons. The van der Waals surface area contributed by atoms with E-state index in [2.05, 4.69) is 20.9 Å². The first-order valence-electron chi connectivity index (χ1n) is 4.81. The van der Waals surface area contributed by atoms with E-state index >= 15 is 0 Å². The fraction of sp³-hybridized carbons (Fsp3) is 0.500. The number of nitrogens with two attached hydrogens (primary N) is 2. The SMILES string of the molecule is NCCCC[C@H](N)c1ccc(Br)nc1. The summed E-state index contributed by atoms with van der Waals surface area (Å²) in [5.41, 5.74) is 12.5. The third kappa shape index (κ3) is 3.74. The minimum absolute atomic E-state index is 0.0853. The first-order chi connectivity index (χ1) is 6.74. The number of halogens is 1. The van der Waals surface area contributed by atoms with Crippen molar-refractivity contribution in [1.82, 2.24) is 4.98 Å². The number of pyridine rings is 1. The third-order valence-corrected chi connectivity index (χ3v) is 2.62. The van der Waals surface area contributed by atoms with Crippen LogP contribution in [0.5, 0.6) is 0 Å². The Labute approximate surface area is 93.0 Å². The van der Waals surface area contributed by atoms with E-state index in [4.69, 9.17) is 11.5 Å². The molecule has 0 saturated heterocycles. The van der Waals surface area contributed by atoms with Crippen LogP contribution in [-0.4, -0.2) is 11.5 Å². The Bertz CT molecular complexity index is 261. The van der Waals surface area contributed by atoms with Gasteiger partial charge in [-0.25, -0.2) is 4.98 Å². The van der Waals surface area contributed by atoms with Crippen molar-refractivity contribution >= 4 is 15.9 Å². The molecule has 4 N–H and O–H groups in total. The number of rotatable bonds is 5. The lowest BCUT2D eigenvalue weighted by molar-refractivity contribution is 0.589. The molecule has 0 aliphatic rings. The topological polar surface area (TPSA) is 64.9 Å². The van der Waals surface area contributed by atoms with E-state index in [1.54, 1.807) is 0 Å². The fourth-order valence-electron chi connectivity index (χ4n) is 1.28. The summed E-state index contributed by atoms with van der Waals surface area (Å²) in [5.74, 6) is 0. The van der Waals surface area contributed by atoms with Gasteiger partial charge in [0.25, 0.3) is 0 Å². The van der Waals surface area contributed by atoms with E-state index in [0.29, 0.717) is 0 Å². The van der Waals surface area contributed by atoms with Gasteiger partial charge in [0.15, 0.2) is 0 Å². The van der Waals surface area contributed by atoms with Gasteiger partial charge < -0.3 is 11.5 Å². The molecule has 1 heterocycles. The highest BCUT2D eigenvalue weighted by Crippen LogP contribution is 2.17. The molecule has 0 aliphatic carbocycles. The molecule has 1 aromatic heterocycles. The molecule has 0 bridgehead atoms. The third-order valence-electron chi connectivity index (χ3n) is 2.15. The van der Waals surface area contributed by atoms with E-state index < -0.39 is 0 Å². The maximum absolute atomic E-state index is 5.99. The second kappa shape index (κ2) is 6.11. The van der Waals surface area contributed by atoms with Crippen molar-refractivity contribution in [3.63, 3.8) is 0 Å². The van der Waals surface area contributed by atoms with Gasteiger partial charge in [-0.3, -0.25) is 0 Å². The van der Waals surface area contributed by atoms with E-state index in [9.17, 15) is 0 Å². The highest BCUT2D eigenvalue weighted by atomic mass is 79.9. The van der Waals surface area contributed by atoms with Crippen LogP contribution >= 0.6 is 15.9 Å². The van der Waals surface area contributed by atoms with Crippen molar-refractivity contribution < 1.29 is 0 Å². The van der Waals surface area contributed by atoms with Crippen LogP contribution in [0.1, 0.15) is 30.9 Å². The molecule has 0 aromatic carbocycles. The highest BCUT2D eigenvalue weighted by Gasteiger charge is 2.05. The van der Waals surface area contributed by atoms with Gasteiger partial charge in [0.05, 0.1) is 0 Å². The Morgan fingerprint density at radius 3 is 2.71 bits per heavy atom. The number of hydrogen-bond acceptors (Lipinski definition) is 3. The fourth-order valence-corrected chi connectivity index (χ4v) is 1.52. The molecule has 78 valence electrons. The first kappa shape index (κ1) is 11.6. The number of hydrogen-bond donors (Lipinski definition) is 2. The molecular formula is C10H16BrN3. The first-order valence-corrected chi connectivity index (χ1v) is 5.60. The second-order valence-electron chi connectivity index (χ2n) is 3.31. The number of unbranched alkanes of at least 4 members (excludes halogenated alkanes) is 1. The van der Waals surface area contributed by atoms with E-state index in [-0.39, 0.29) is 6.04 Å². The van der Waals surface area contributed by atoms with Crippen LogP contribution in [0.15, 0.2) is 22.9 Å². The van der Waals surface area contributed by atoms with E-state index in [1.807, 2.05) is 18.3 Å². The quantitative estimate of drug-likeness (QED) is 0.627. The monoisotopic (exact) mass is 257 g/mol. The largest absolute Gasteiger partial charge is 0.330 e. The van der Waals surface area contributed by atoms with Crippen molar-refractivity contribution in [3.8, 4) is 0 Å². The summed E-state index contributed by atoms with van der Waals surface area (Å²) in [5, 5.41) is 0. The highest BCUT2D eigenvalue weighted by molar-refractivity contribution is 9.10. The Morgan fingerprint density at radius 2 is 2.14 bits per heavy atom. The summed E-state index contributed by atoms with van der Waals surface area (Å²) in [4.78, 5) is 4.14. The summed E-state index contributed by atoms with van der Waals surface area (Å²) in [6.45, 7) is 0.741. The van der Waals surface area contributed by atoms with Gasteiger partial charge in [-0.05, 0) is 46.9 Å². The Hall–Kier alpha value is -0.450. The molecule has 0 amide bonds. The molecule has 3 nitrogen and oxygen atoms in total. The number of nitrogens with zero attached hydrogens (tertiary/aromatic N) is 1. The molecule has 0 aliphatic heterocycles. The minimum atomic E-state index is 0.0853. The van der Waals surface area contributed by atoms with E-state index in [0.717, 1.165) is 36.0 Å². The second-order valence-corrected chi connectivity index (χ2v) is 4.12. The maximum Gasteiger partial charge on any atom is 0.106 e. The van der Waals surface area contributed by atoms with Crippen LogP contribution in [0.4, 0.5) is 0 Å².